The number of esters is 1. The average molecular weight is 172 g/mol. The maximum absolute atomic E-state index is 11.3. The molecule has 1 N–H and O–H groups in total. The van der Waals surface area contributed by atoms with Gasteiger partial charge in [0.25, 0.3) is 0 Å². The van der Waals surface area contributed by atoms with Crippen molar-refractivity contribution in [2.45, 2.75) is 18.4 Å². The molecule has 2 heterocycles. The first-order valence-electron chi connectivity index (χ1n) is 3.99. The zero-order chi connectivity index (χ0) is 8.82. The van der Waals surface area contributed by atoms with Gasteiger partial charge in [0.05, 0.1) is 31.3 Å². The van der Waals surface area contributed by atoms with E-state index in [2.05, 4.69) is 4.74 Å². The van der Waals surface area contributed by atoms with Crippen molar-refractivity contribution < 1.29 is 19.4 Å². The van der Waals surface area contributed by atoms with Crippen LogP contribution in [0.25, 0.3) is 0 Å². The standard InChI is InChI=1S/C8H12O4/c1-11-6(9)7-2-8(10,3-7)5-12-4-7/h10H,2-5H2,1H3. The summed E-state index contributed by atoms with van der Waals surface area (Å²) in [5.41, 5.74) is -1.30. The molecule has 0 unspecified atom stereocenters. The molecule has 0 aromatic rings. The Morgan fingerprint density at radius 1 is 1.50 bits per heavy atom. The summed E-state index contributed by atoms with van der Waals surface area (Å²) in [6.45, 7) is 0.744. The van der Waals surface area contributed by atoms with Gasteiger partial charge in [-0.2, -0.15) is 0 Å². The van der Waals surface area contributed by atoms with Crippen LogP contribution in [0.3, 0.4) is 0 Å². The van der Waals surface area contributed by atoms with E-state index in [0.717, 1.165) is 0 Å². The fraction of sp³-hybridized carbons (Fsp3) is 0.875. The van der Waals surface area contributed by atoms with Gasteiger partial charge in [0.15, 0.2) is 0 Å². The van der Waals surface area contributed by atoms with Crippen molar-refractivity contribution in [2.24, 2.45) is 5.41 Å². The molecule has 1 aliphatic carbocycles. The van der Waals surface area contributed by atoms with Crippen molar-refractivity contribution in [3.8, 4) is 0 Å². The summed E-state index contributed by atoms with van der Waals surface area (Å²) in [7, 11) is 1.36. The number of hydrogen-bond donors (Lipinski definition) is 1. The number of carbonyl (C=O) groups is 1. The van der Waals surface area contributed by atoms with Gasteiger partial charge in [0.1, 0.15) is 0 Å². The highest BCUT2D eigenvalue weighted by atomic mass is 16.5. The quantitative estimate of drug-likeness (QED) is 0.552. The molecule has 1 saturated carbocycles. The van der Waals surface area contributed by atoms with Crippen molar-refractivity contribution in [2.75, 3.05) is 20.3 Å². The van der Waals surface area contributed by atoms with Crippen LogP contribution in [0.5, 0.6) is 0 Å². The Morgan fingerprint density at radius 2 is 2.17 bits per heavy atom. The van der Waals surface area contributed by atoms with Gasteiger partial charge in [-0.1, -0.05) is 0 Å². The molecule has 2 bridgehead atoms. The van der Waals surface area contributed by atoms with Gasteiger partial charge >= 0.3 is 5.97 Å². The molecule has 0 amide bonds. The third-order valence-corrected chi connectivity index (χ3v) is 2.70. The highest BCUT2D eigenvalue weighted by Gasteiger charge is 2.62. The second kappa shape index (κ2) is 2.20. The van der Waals surface area contributed by atoms with Crippen molar-refractivity contribution >= 4 is 5.97 Å². The Balaban J connectivity index is 2.11. The fourth-order valence-electron chi connectivity index (χ4n) is 2.27. The lowest BCUT2D eigenvalue weighted by Crippen LogP contribution is -2.64. The van der Waals surface area contributed by atoms with Crippen molar-refractivity contribution in [3.05, 3.63) is 0 Å². The Kier molecular flexibility index (Phi) is 1.47. The minimum atomic E-state index is -0.758. The van der Waals surface area contributed by atoms with E-state index in [-0.39, 0.29) is 5.97 Å². The van der Waals surface area contributed by atoms with Crippen LogP contribution < -0.4 is 0 Å². The third-order valence-electron chi connectivity index (χ3n) is 2.70. The molecule has 0 atom stereocenters. The highest BCUT2D eigenvalue weighted by Crippen LogP contribution is 2.52. The molecule has 68 valence electrons. The molecule has 3 fully saturated rings. The molecule has 0 radical (unpaired) electrons. The van der Waals surface area contributed by atoms with E-state index < -0.39 is 11.0 Å². The maximum Gasteiger partial charge on any atom is 0.314 e. The molecular weight excluding hydrogens is 160 g/mol. The van der Waals surface area contributed by atoms with E-state index >= 15 is 0 Å². The number of hydrogen-bond acceptors (Lipinski definition) is 4. The summed E-state index contributed by atoms with van der Waals surface area (Å²) in [6, 6.07) is 0. The molecular formula is C8H12O4. The van der Waals surface area contributed by atoms with Gasteiger partial charge in [0, 0.05) is 0 Å². The van der Waals surface area contributed by atoms with Crippen LogP contribution in [-0.4, -0.2) is 37.0 Å². The lowest BCUT2D eigenvalue weighted by molar-refractivity contribution is -0.243. The second-order valence-electron chi connectivity index (χ2n) is 3.84. The van der Waals surface area contributed by atoms with Crippen LogP contribution in [0.4, 0.5) is 0 Å². The van der Waals surface area contributed by atoms with Crippen LogP contribution in [-0.2, 0) is 14.3 Å². The molecule has 4 nitrogen and oxygen atoms in total. The molecule has 3 aliphatic rings. The topological polar surface area (TPSA) is 55.8 Å². The van der Waals surface area contributed by atoms with Gasteiger partial charge in [-0.15, -0.1) is 0 Å². The molecule has 4 heteroatoms. The Labute approximate surface area is 70.5 Å². The van der Waals surface area contributed by atoms with E-state index in [1.54, 1.807) is 0 Å². The fourth-order valence-corrected chi connectivity index (χ4v) is 2.27. The molecule has 0 spiro atoms. The molecule has 0 aromatic heterocycles. The average Bonchev–Trinajstić information content (AvgIpc) is 2.01. The van der Waals surface area contributed by atoms with E-state index in [1.165, 1.54) is 7.11 Å². The number of aliphatic hydroxyl groups is 1. The lowest BCUT2D eigenvalue weighted by Gasteiger charge is -2.54. The first-order chi connectivity index (χ1) is 5.60. The monoisotopic (exact) mass is 172 g/mol. The molecule has 2 aliphatic heterocycles. The number of ether oxygens (including phenoxy) is 2. The summed E-state index contributed by atoms with van der Waals surface area (Å²) < 4.78 is 9.76. The van der Waals surface area contributed by atoms with Gasteiger partial charge in [-0.05, 0) is 12.8 Å². The Hall–Kier alpha value is -0.610. The number of carbonyl (C=O) groups excluding carboxylic acids is 1. The van der Waals surface area contributed by atoms with Gasteiger partial charge in [-0.25, -0.2) is 0 Å². The minimum absolute atomic E-state index is 0.258. The van der Waals surface area contributed by atoms with Crippen LogP contribution in [0.15, 0.2) is 0 Å². The van der Waals surface area contributed by atoms with Crippen LogP contribution >= 0.6 is 0 Å². The summed E-state index contributed by atoms with van der Waals surface area (Å²) in [6.07, 6.45) is 0.985. The summed E-state index contributed by atoms with van der Waals surface area (Å²) in [5, 5.41) is 9.62. The third kappa shape index (κ3) is 0.881. The maximum atomic E-state index is 11.3. The number of fused-ring (bicyclic) bond motifs is 2. The molecule has 12 heavy (non-hydrogen) atoms. The summed E-state index contributed by atoms with van der Waals surface area (Å²) >= 11 is 0. The largest absolute Gasteiger partial charge is 0.469 e. The minimum Gasteiger partial charge on any atom is -0.469 e. The first kappa shape index (κ1) is 8.01. The van der Waals surface area contributed by atoms with Crippen LogP contribution in [0.2, 0.25) is 0 Å². The molecule has 0 aromatic carbocycles. The Morgan fingerprint density at radius 3 is 2.67 bits per heavy atom. The predicted octanol–water partition coefficient (Wildman–Crippen LogP) is -0.299. The van der Waals surface area contributed by atoms with E-state index in [9.17, 15) is 9.90 Å². The number of rotatable bonds is 1. The summed E-state index contributed by atoms with van der Waals surface area (Å²) in [5.74, 6) is -0.258. The van der Waals surface area contributed by atoms with Crippen LogP contribution in [0.1, 0.15) is 12.8 Å². The van der Waals surface area contributed by atoms with E-state index in [1.807, 2.05) is 0 Å². The summed E-state index contributed by atoms with van der Waals surface area (Å²) in [4.78, 5) is 11.3. The highest BCUT2D eigenvalue weighted by molar-refractivity contribution is 5.79. The van der Waals surface area contributed by atoms with E-state index in [4.69, 9.17) is 4.74 Å². The van der Waals surface area contributed by atoms with Gasteiger partial charge in [0.2, 0.25) is 0 Å². The Bertz CT molecular complexity index is 217. The molecule has 2 saturated heterocycles. The molecule has 3 rings (SSSR count). The normalized spacial score (nSPS) is 44.8. The number of methoxy groups -OCH3 is 1. The zero-order valence-corrected chi connectivity index (χ0v) is 7.00. The lowest BCUT2D eigenvalue weighted by atomic mass is 9.58. The zero-order valence-electron chi connectivity index (χ0n) is 7.00. The smallest absolute Gasteiger partial charge is 0.314 e. The SMILES string of the molecule is COC(=O)C12COCC(O)(C1)C2. The van der Waals surface area contributed by atoms with Crippen molar-refractivity contribution in [3.63, 3.8) is 0 Å². The van der Waals surface area contributed by atoms with E-state index in [0.29, 0.717) is 26.1 Å². The second-order valence-corrected chi connectivity index (χ2v) is 3.84. The first-order valence-corrected chi connectivity index (χ1v) is 3.99. The van der Waals surface area contributed by atoms with Crippen molar-refractivity contribution in [1.82, 2.24) is 0 Å². The van der Waals surface area contributed by atoms with Crippen LogP contribution in [0, 0.1) is 5.41 Å². The predicted molar refractivity (Wildman–Crippen MR) is 39.5 cm³/mol. The van der Waals surface area contributed by atoms with Crippen molar-refractivity contribution in [1.29, 1.82) is 0 Å². The van der Waals surface area contributed by atoms with Gasteiger partial charge in [-0.3, -0.25) is 4.79 Å². The van der Waals surface area contributed by atoms with Gasteiger partial charge < -0.3 is 14.6 Å².